The summed E-state index contributed by atoms with van der Waals surface area (Å²) in [5.74, 6) is -0.106. The van der Waals surface area contributed by atoms with Crippen LogP contribution >= 0.6 is 0 Å². The number of likely N-dealkylation sites (tertiary alicyclic amines) is 1. The van der Waals surface area contributed by atoms with Crippen LogP contribution in [0.4, 0.5) is 16.2 Å². The average Bonchev–Trinajstić information content (AvgIpc) is 2.48. The molecule has 114 valence electrons. The van der Waals surface area contributed by atoms with Gasteiger partial charge in [0.25, 0.3) is 0 Å². The second kappa shape index (κ2) is 7.11. The van der Waals surface area contributed by atoms with Crippen LogP contribution in [-0.4, -0.2) is 29.4 Å². The van der Waals surface area contributed by atoms with Gasteiger partial charge >= 0.3 is 6.03 Å². The molecule has 1 aromatic rings. The SMILES string of the molecule is CCC1CCCCN1C(=O)Nc1ccc(NC(C)=O)cc1. The number of hydrogen-bond acceptors (Lipinski definition) is 2. The fraction of sp³-hybridized carbons (Fsp3) is 0.500. The van der Waals surface area contributed by atoms with E-state index in [1.165, 1.54) is 13.3 Å². The average molecular weight is 289 g/mol. The molecule has 2 N–H and O–H groups in total. The van der Waals surface area contributed by atoms with Crippen LogP contribution in [0.2, 0.25) is 0 Å². The van der Waals surface area contributed by atoms with Gasteiger partial charge in [0, 0.05) is 30.9 Å². The Morgan fingerprint density at radius 1 is 1.14 bits per heavy atom. The molecule has 1 saturated heterocycles. The number of carbonyl (C=O) groups is 2. The third-order valence-electron chi connectivity index (χ3n) is 3.82. The van der Waals surface area contributed by atoms with Crippen molar-refractivity contribution in [2.75, 3.05) is 17.2 Å². The second-order valence-electron chi connectivity index (χ2n) is 5.44. The number of nitrogens with one attached hydrogen (secondary N) is 2. The first-order valence-electron chi connectivity index (χ1n) is 7.55. The first-order chi connectivity index (χ1) is 10.1. The van der Waals surface area contributed by atoms with Crippen molar-refractivity contribution < 1.29 is 9.59 Å². The highest BCUT2D eigenvalue weighted by Crippen LogP contribution is 2.21. The lowest BCUT2D eigenvalue weighted by Crippen LogP contribution is -2.45. The number of nitrogens with zero attached hydrogens (tertiary/aromatic N) is 1. The molecule has 3 amide bonds. The highest BCUT2D eigenvalue weighted by atomic mass is 16.2. The van der Waals surface area contributed by atoms with Gasteiger partial charge in [-0.15, -0.1) is 0 Å². The third kappa shape index (κ3) is 4.21. The quantitative estimate of drug-likeness (QED) is 0.895. The first kappa shape index (κ1) is 15.4. The maximum absolute atomic E-state index is 12.3. The lowest BCUT2D eigenvalue weighted by molar-refractivity contribution is -0.114. The molecule has 0 bridgehead atoms. The third-order valence-corrected chi connectivity index (χ3v) is 3.82. The van der Waals surface area contributed by atoms with E-state index in [0.29, 0.717) is 6.04 Å². The summed E-state index contributed by atoms with van der Waals surface area (Å²) in [4.78, 5) is 25.2. The second-order valence-corrected chi connectivity index (χ2v) is 5.44. The zero-order valence-electron chi connectivity index (χ0n) is 12.7. The molecule has 1 unspecified atom stereocenters. The van der Waals surface area contributed by atoms with Crippen LogP contribution in [0.15, 0.2) is 24.3 Å². The number of hydrogen-bond donors (Lipinski definition) is 2. The number of urea groups is 1. The number of rotatable bonds is 3. The predicted molar refractivity (Wildman–Crippen MR) is 84.4 cm³/mol. The molecule has 5 heteroatoms. The summed E-state index contributed by atoms with van der Waals surface area (Å²) in [6.07, 6.45) is 4.36. The number of benzene rings is 1. The van der Waals surface area contributed by atoms with Crippen LogP contribution in [0.25, 0.3) is 0 Å². The van der Waals surface area contributed by atoms with E-state index in [4.69, 9.17) is 0 Å². The largest absolute Gasteiger partial charge is 0.326 e. The Labute approximate surface area is 125 Å². The number of amides is 3. The molecule has 1 aromatic carbocycles. The maximum Gasteiger partial charge on any atom is 0.322 e. The molecule has 2 rings (SSSR count). The van der Waals surface area contributed by atoms with Crippen LogP contribution in [0.1, 0.15) is 39.5 Å². The Morgan fingerprint density at radius 3 is 2.33 bits per heavy atom. The molecule has 1 heterocycles. The molecule has 0 aliphatic carbocycles. The molecule has 1 aliphatic heterocycles. The van der Waals surface area contributed by atoms with Crippen molar-refractivity contribution in [2.24, 2.45) is 0 Å². The highest BCUT2D eigenvalue weighted by molar-refractivity contribution is 5.91. The monoisotopic (exact) mass is 289 g/mol. The molecule has 1 atom stereocenters. The van der Waals surface area contributed by atoms with Gasteiger partial charge in [0.1, 0.15) is 0 Å². The molecular formula is C16H23N3O2. The van der Waals surface area contributed by atoms with Gasteiger partial charge < -0.3 is 15.5 Å². The highest BCUT2D eigenvalue weighted by Gasteiger charge is 2.25. The van der Waals surface area contributed by atoms with E-state index >= 15 is 0 Å². The summed E-state index contributed by atoms with van der Waals surface area (Å²) >= 11 is 0. The van der Waals surface area contributed by atoms with E-state index in [-0.39, 0.29) is 11.9 Å². The van der Waals surface area contributed by atoms with Gasteiger partial charge in [-0.3, -0.25) is 4.79 Å². The molecule has 1 fully saturated rings. The number of piperidine rings is 1. The Bertz CT molecular complexity index is 499. The van der Waals surface area contributed by atoms with Gasteiger partial charge in [-0.2, -0.15) is 0 Å². The topological polar surface area (TPSA) is 61.4 Å². The van der Waals surface area contributed by atoms with Crippen molar-refractivity contribution in [1.82, 2.24) is 4.90 Å². The van der Waals surface area contributed by atoms with E-state index in [1.807, 2.05) is 4.90 Å². The standard InChI is InChI=1S/C16H23N3O2/c1-3-15-6-4-5-11-19(15)16(21)18-14-9-7-13(8-10-14)17-12(2)20/h7-10,15H,3-6,11H2,1-2H3,(H,17,20)(H,18,21). The smallest absolute Gasteiger partial charge is 0.322 e. The van der Waals surface area contributed by atoms with Crippen LogP contribution in [0, 0.1) is 0 Å². The van der Waals surface area contributed by atoms with Crippen LogP contribution in [0.3, 0.4) is 0 Å². The summed E-state index contributed by atoms with van der Waals surface area (Å²) in [5, 5.41) is 5.63. The van der Waals surface area contributed by atoms with Gasteiger partial charge in [0.05, 0.1) is 0 Å². The van der Waals surface area contributed by atoms with Crippen molar-refractivity contribution in [3.8, 4) is 0 Å². The van der Waals surface area contributed by atoms with E-state index in [9.17, 15) is 9.59 Å². The predicted octanol–water partition coefficient (Wildman–Crippen LogP) is 3.44. The van der Waals surface area contributed by atoms with Gasteiger partial charge in [-0.25, -0.2) is 4.79 Å². The molecular weight excluding hydrogens is 266 g/mol. The summed E-state index contributed by atoms with van der Waals surface area (Å²) in [6.45, 7) is 4.42. The molecule has 0 radical (unpaired) electrons. The molecule has 0 spiro atoms. The van der Waals surface area contributed by atoms with Crippen LogP contribution in [0.5, 0.6) is 0 Å². The summed E-state index contributed by atoms with van der Waals surface area (Å²) in [6, 6.07) is 7.48. The van der Waals surface area contributed by atoms with Crippen LogP contribution in [-0.2, 0) is 4.79 Å². The normalized spacial score (nSPS) is 18.2. The maximum atomic E-state index is 12.3. The van der Waals surface area contributed by atoms with E-state index in [1.54, 1.807) is 24.3 Å². The lowest BCUT2D eigenvalue weighted by Gasteiger charge is -2.35. The molecule has 0 aromatic heterocycles. The van der Waals surface area contributed by atoms with Crippen molar-refractivity contribution in [3.05, 3.63) is 24.3 Å². The Hall–Kier alpha value is -2.04. The minimum atomic E-state index is -0.106. The Balaban J connectivity index is 1.96. The first-order valence-corrected chi connectivity index (χ1v) is 7.55. The molecule has 0 saturated carbocycles. The Kier molecular flexibility index (Phi) is 5.20. The van der Waals surface area contributed by atoms with Gasteiger partial charge in [-0.1, -0.05) is 6.92 Å². The fourth-order valence-electron chi connectivity index (χ4n) is 2.73. The fourth-order valence-corrected chi connectivity index (χ4v) is 2.73. The molecule has 21 heavy (non-hydrogen) atoms. The van der Waals surface area contributed by atoms with Crippen molar-refractivity contribution in [2.45, 2.75) is 45.6 Å². The van der Waals surface area contributed by atoms with Crippen molar-refractivity contribution >= 4 is 23.3 Å². The summed E-state index contributed by atoms with van der Waals surface area (Å²) < 4.78 is 0. The van der Waals surface area contributed by atoms with E-state index < -0.39 is 0 Å². The minimum Gasteiger partial charge on any atom is -0.326 e. The molecule has 5 nitrogen and oxygen atoms in total. The van der Waals surface area contributed by atoms with Crippen LogP contribution < -0.4 is 10.6 Å². The van der Waals surface area contributed by atoms with E-state index in [2.05, 4.69) is 17.6 Å². The van der Waals surface area contributed by atoms with Crippen molar-refractivity contribution in [1.29, 1.82) is 0 Å². The summed E-state index contributed by atoms with van der Waals surface area (Å²) in [5.41, 5.74) is 1.47. The zero-order chi connectivity index (χ0) is 15.2. The number of carbonyl (C=O) groups excluding carboxylic acids is 2. The molecule has 1 aliphatic rings. The lowest BCUT2D eigenvalue weighted by atomic mass is 10.0. The summed E-state index contributed by atoms with van der Waals surface area (Å²) in [7, 11) is 0. The Morgan fingerprint density at radius 2 is 1.76 bits per heavy atom. The number of anilines is 2. The van der Waals surface area contributed by atoms with Crippen molar-refractivity contribution in [3.63, 3.8) is 0 Å². The van der Waals surface area contributed by atoms with E-state index in [0.717, 1.165) is 37.2 Å². The zero-order valence-corrected chi connectivity index (χ0v) is 12.7. The van der Waals surface area contributed by atoms with Gasteiger partial charge in [0.2, 0.25) is 5.91 Å². The van der Waals surface area contributed by atoms with Gasteiger partial charge in [-0.05, 0) is 49.9 Å². The minimum absolute atomic E-state index is 0.0335. The van der Waals surface area contributed by atoms with Gasteiger partial charge in [0.15, 0.2) is 0 Å².